The Bertz CT molecular complexity index is 163. The molecule has 0 saturated carbocycles. The quantitative estimate of drug-likeness (QED) is 0.655. The van der Waals surface area contributed by atoms with Gasteiger partial charge in [-0.15, -0.1) is 0 Å². The molecule has 0 aliphatic rings. The highest BCUT2D eigenvalue weighted by Crippen LogP contribution is 2.32. The minimum Gasteiger partial charge on any atom is -0.353 e. The van der Waals surface area contributed by atoms with Crippen molar-refractivity contribution in [2.24, 2.45) is 5.41 Å². The topological polar surface area (TPSA) is 35.1 Å². The Labute approximate surface area is 88.2 Å². The molecule has 0 fully saturated rings. The van der Waals surface area contributed by atoms with Crippen molar-refractivity contribution in [3.63, 3.8) is 0 Å². The van der Waals surface area contributed by atoms with E-state index in [0.29, 0.717) is 6.04 Å². The summed E-state index contributed by atoms with van der Waals surface area (Å²) in [5.41, 5.74) is -0.0131. The minimum absolute atomic E-state index is 0.0131. The molecule has 0 spiro atoms. The fourth-order valence-corrected chi connectivity index (χ4v) is 1.35. The summed E-state index contributed by atoms with van der Waals surface area (Å²) in [5.74, 6) is -0.515. The molecule has 3 nitrogen and oxygen atoms in total. The highest BCUT2D eigenvalue weighted by Gasteiger charge is 2.43. The van der Waals surface area contributed by atoms with E-state index in [0.717, 1.165) is 6.54 Å². The second-order valence-corrected chi connectivity index (χ2v) is 4.92. The van der Waals surface area contributed by atoms with Gasteiger partial charge in [0.15, 0.2) is 5.79 Å². The standard InChI is InChI=1S/C11H25NO2/c1-9(2)12-8-10(3,4)11(5,13-6)14-7/h9,12H,8H2,1-7H3/p+1. The lowest BCUT2D eigenvalue weighted by Gasteiger charge is -2.40. The molecule has 14 heavy (non-hydrogen) atoms. The summed E-state index contributed by atoms with van der Waals surface area (Å²) >= 11 is 0. The molecule has 0 aromatic heterocycles. The molecular weight excluding hydrogens is 178 g/mol. The molecule has 3 heteroatoms. The Balaban J connectivity index is 4.41. The Morgan fingerprint density at radius 1 is 1.07 bits per heavy atom. The lowest BCUT2D eigenvalue weighted by Crippen LogP contribution is -2.91. The highest BCUT2D eigenvalue weighted by molar-refractivity contribution is 4.82. The maximum atomic E-state index is 5.44. The zero-order chi connectivity index (χ0) is 11.4. The van der Waals surface area contributed by atoms with Crippen LogP contribution in [0, 0.1) is 5.41 Å². The molecule has 0 heterocycles. The van der Waals surface area contributed by atoms with Crippen LogP contribution in [-0.4, -0.2) is 32.6 Å². The average molecular weight is 204 g/mol. The van der Waals surface area contributed by atoms with Crippen molar-refractivity contribution in [2.75, 3.05) is 20.8 Å². The third-order valence-corrected chi connectivity index (χ3v) is 3.11. The van der Waals surface area contributed by atoms with Gasteiger partial charge in [0.1, 0.15) is 0 Å². The van der Waals surface area contributed by atoms with Crippen molar-refractivity contribution in [3.05, 3.63) is 0 Å². The van der Waals surface area contributed by atoms with E-state index in [-0.39, 0.29) is 5.41 Å². The molecule has 0 amide bonds. The van der Waals surface area contributed by atoms with Crippen molar-refractivity contribution >= 4 is 0 Å². The van der Waals surface area contributed by atoms with Gasteiger partial charge in [0.05, 0.1) is 18.0 Å². The van der Waals surface area contributed by atoms with Crippen LogP contribution in [0.1, 0.15) is 34.6 Å². The average Bonchev–Trinajstić information content (AvgIpc) is 2.13. The van der Waals surface area contributed by atoms with Gasteiger partial charge in [-0.1, -0.05) is 0 Å². The van der Waals surface area contributed by atoms with Crippen LogP contribution >= 0.6 is 0 Å². The molecule has 0 rings (SSSR count). The molecule has 2 N–H and O–H groups in total. The molecule has 0 aromatic rings. The third-order valence-electron chi connectivity index (χ3n) is 3.11. The molecule has 0 bridgehead atoms. The van der Waals surface area contributed by atoms with Crippen LogP contribution in [0.5, 0.6) is 0 Å². The van der Waals surface area contributed by atoms with Crippen LogP contribution in [0.25, 0.3) is 0 Å². The molecule has 0 saturated heterocycles. The summed E-state index contributed by atoms with van der Waals surface area (Å²) in [6.07, 6.45) is 0. The van der Waals surface area contributed by atoms with Crippen molar-refractivity contribution in [1.29, 1.82) is 0 Å². The van der Waals surface area contributed by atoms with Gasteiger partial charge in [0.2, 0.25) is 0 Å². The van der Waals surface area contributed by atoms with Gasteiger partial charge in [-0.2, -0.15) is 0 Å². The van der Waals surface area contributed by atoms with Gasteiger partial charge < -0.3 is 14.8 Å². The highest BCUT2D eigenvalue weighted by atomic mass is 16.7. The van der Waals surface area contributed by atoms with E-state index in [1.165, 1.54) is 0 Å². The number of quaternary nitrogens is 1. The van der Waals surface area contributed by atoms with Crippen LogP contribution in [-0.2, 0) is 9.47 Å². The summed E-state index contributed by atoms with van der Waals surface area (Å²) in [4.78, 5) is 0. The second kappa shape index (κ2) is 5.10. The van der Waals surface area contributed by atoms with Crippen molar-refractivity contribution in [2.45, 2.75) is 46.4 Å². The SMILES string of the molecule is COC(C)(OC)C(C)(C)C[NH2+]C(C)C. The van der Waals surface area contributed by atoms with Crippen LogP contribution < -0.4 is 5.32 Å². The van der Waals surface area contributed by atoms with Gasteiger partial charge in [-0.3, -0.25) is 0 Å². The fourth-order valence-electron chi connectivity index (χ4n) is 1.35. The summed E-state index contributed by atoms with van der Waals surface area (Å²) in [6, 6.07) is 0.604. The predicted octanol–water partition coefficient (Wildman–Crippen LogP) is 0.993. The first-order chi connectivity index (χ1) is 6.29. The van der Waals surface area contributed by atoms with E-state index in [4.69, 9.17) is 9.47 Å². The molecule has 0 aromatic carbocycles. The number of hydrogen-bond donors (Lipinski definition) is 1. The Morgan fingerprint density at radius 3 is 1.79 bits per heavy atom. The lowest BCUT2D eigenvalue weighted by molar-refractivity contribution is -0.697. The van der Waals surface area contributed by atoms with Crippen LogP contribution in [0.4, 0.5) is 0 Å². The maximum absolute atomic E-state index is 5.44. The van der Waals surface area contributed by atoms with Gasteiger partial charge in [-0.05, 0) is 34.6 Å². The summed E-state index contributed by atoms with van der Waals surface area (Å²) in [5, 5.41) is 2.30. The van der Waals surface area contributed by atoms with Gasteiger partial charge >= 0.3 is 0 Å². The van der Waals surface area contributed by atoms with Crippen LogP contribution in [0.3, 0.4) is 0 Å². The maximum Gasteiger partial charge on any atom is 0.175 e. The predicted molar refractivity (Wildman–Crippen MR) is 58.1 cm³/mol. The molecule has 0 aliphatic heterocycles. The van der Waals surface area contributed by atoms with Crippen molar-refractivity contribution in [1.82, 2.24) is 0 Å². The first-order valence-electron chi connectivity index (χ1n) is 5.22. The fraction of sp³-hybridized carbons (Fsp3) is 1.00. The van der Waals surface area contributed by atoms with Crippen LogP contribution in [0.2, 0.25) is 0 Å². The normalized spacial score (nSPS) is 13.7. The molecule has 0 atom stereocenters. The monoisotopic (exact) mass is 204 g/mol. The number of ether oxygens (including phenoxy) is 2. The summed E-state index contributed by atoms with van der Waals surface area (Å²) < 4.78 is 10.9. The molecule has 0 aliphatic carbocycles. The summed E-state index contributed by atoms with van der Waals surface area (Å²) in [7, 11) is 3.39. The zero-order valence-electron chi connectivity index (χ0n) is 10.7. The van der Waals surface area contributed by atoms with Gasteiger partial charge in [-0.25, -0.2) is 0 Å². The molecule has 0 unspecified atom stereocenters. The smallest absolute Gasteiger partial charge is 0.175 e. The van der Waals surface area contributed by atoms with E-state index in [1.54, 1.807) is 14.2 Å². The largest absolute Gasteiger partial charge is 0.353 e. The van der Waals surface area contributed by atoms with Gasteiger partial charge in [0.25, 0.3) is 0 Å². The summed E-state index contributed by atoms with van der Waals surface area (Å²) in [6.45, 7) is 11.7. The minimum atomic E-state index is -0.515. The van der Waals surface area contributed by atoms with Crippen molar-refractivity contribution in [3.8, 4) is 0 Å². The Kier molecular flexibility index (Phi) is 5.06. The van der Waals surface area contributed by atoms with E-state index >= 15 is 0 Å². The Morgan fingerprint density at radius 2 is 1.50 bits per heavy atom. The molecule has 0 radical (unpaired) electrons. The number of methoxy groups -OCH3 is 2. The number of hydrogen-bond acceptors (Lipinski definition) is 2. The number of rotatable bonds is 6. The van der Waals surface area contributed by atoms with E-state index in [9.17, 15) is 0 Å². The lowest BCUT2D eigenvalue weighted by atomic mass is 9.83. The van der Waals surface area contributed by atoms with Crippen molar-refractivity contribution < 1.29 is 14.8 Å². The molecule has 86 valence electrons. The zero-order valence-corrected chi connectivity index (χ0v) is 10.7. The first-order valence-corrected chi connectivity index (χ1v) is 5.22. The van der Waals surface area contributed by atoms with E-state index < -0.39 is 5.79 Å². The third kappa shape index (κ3) is 3.23. The second-order valence-electron chi connectivity index (χ2n) is 4.92. The molecular formula is C11H26NO2+. The van der Waals surface area contributed by atoms with Crippen LogP contribution in [0.15, 0.2) is 0 Å². The van der Waals surface area contributed by atoms with E-state index in [2.05, 4.69) is 33.0 Å². The first kappa shape index (κ1) is 13.9. The van der Waals surface area contributed by atoms with E-state index in [1.807, 2.05) is 6.92 Å². The van der Waals surface area contributed by atoms with Gasteiger partial charge in [0, 0.05) is 14.2 Å². The number of nitrogens with two attached hydrogens (primary N) is 1. The Hall–Kier alpha value is -0.120.